The minimum absolute atomic E-state index is 0.102. The van der Waals surface area contributed by atoms with Gasteiger partial charge in [-0.25, -0.2) is 9.18 Å². The van der Waals surface area contributed by atoms with E-state index in [0.29, 0.717) is 11.3 Å². The molecule has 0 saturated heterocycles. The van der Waals surface area contributed by atoms with Gasteiger partial charge in [0.25, 0.3) is 5.91 Å². The Morgan fingerprint density at radius 3 is 2.52 bits per heavy atom. The van der Waals surface area contributed by atoms with E-state index in [4.69, 9.17) is 16.7 Å². The van der Waals surface area contributed by atoms with E-state index in [2.05, 4.69) is 5.32 Å². The van der Waals surface area contributed by atoms with Gasteiger partial charge in [0.05, 0.1) is 10.6 Å². The summed E-state index contributed by atoms with van der Waals surface area (Å²) in [6.07, 6.45) is 0. The lowest BCUT2D eigenvalue weighted by atomic mass is 10.1. The summed E-state index contributed by atoms with van der Waals surface area (Å²) in [6.45, 7) is 1.66. The fraction of sp³-hybridized carbons (Fsp3) is 0.0667. The molecule has 4 nitrogen and oxygen atoms in total. The molecule has 0 bridgehead atoms. The van der Waals surface area contributed by atoms with Crippen LogP contribution < -0.4 is 5.32 Å². The number of aryl methyl sites for hydroxylation is 1. The quantitative estimate of drug-likeness (QED) is 0.907. The fourth-order valence-corrected chi connectivity index (χ4v) is 1.95. The first-order valence-corrected chi connectivity index (χ1v) is 6.36. The maximum atomic E-state index is 13.0. The maximum absolute atomic E-state index is 13.0. The van der Waals surface area contributed by atoms with Gasteiger partial charge in [-0.3, -0.25) is 4.79 Å². The number of anilines is 1. The van der Waals surface area contributed by atoms with Crippen molar-refractivity contribution in [2.75, 3.05) is 5.32 Å². The molecule has 0 aliphatic rings. The zero-order valence-electron chi connectivity index (χ0n) is 11.0. The van der Waals surface area contributed by atoms with Crippen molar-refractivity contribution in [2.24, 2.45) is 0 Å². The van der Waals surface area contributed by atoms with Crippen molar-refractivity contribution in [3.05, 3.63) is 63.9 Å². The number of carboxylic acids is 1. The molecule has 2 aromatic rings. The molecular formula is C15H11ClFNO3. The predicted octanol–water partition coefficient (Wildman–Crippen LogP) is 3.74. The molecule has 2 rings (SSSR count). The number of benzene rings is 2. The number of hydrogen-bond acceptors (Lipinski definition) is 2. The highest BCUT2D eigenvalue weighted by Crippen LogP contribution is 2.19. The zero-order valence-corrected chi connectivity index (χ0v) is 11.7. The molecule has 0 saturated carbocycles. The number of carboxylic acid groups (broad SMARTS) is 1. The first-order valence-electron chi connectivity index (χ1n) is 5.99. The van der Waals surface area contributed by atoms with E-state index < -0.39 is 17.7 Å². The van der Waals surface area contributed by atoms with Crippen LogP contribution in [0.4, 0.5) is 10.1 Å². The van der Waals surface area contributed by atoms with Crippen LogP contribution in [0.3, 0.4) is 0 Å². The van der Waals surface area contributed by atoms with E-state index in [1.807, 2.05) is 0 Å². The van der Waals surface area contributed by atoms with E-state index in [0.717, 1.165) is 6.07 Å². The van der Waals surface area contributed by atoms with Gasteiger partial charge in [-0.05, 0) is 42.8 Å². The van der Waals surface area contributed by atoms with Crippen molar-refractivity contribution in [1.82, 2.24) is 0 Å². The van der Waals surface area contributed by atoms with Crippen molar-refractivity contribution in [3.63, 3.8) is 0 Å². The van der Waals surface area contributed by atoms with Gasteiger partial charge < -0.3 is 10.4 Å². The highest BCUT2D eigenvalue weighted by molar-refractivity contribution is 6.31. The Hall–Kier alpha value is -2.40. The molecule has 0 aromatic heterocycles. The lowest BCUT2D eigenvalue weighted by Crippen LogP contribution is -2.13. The Kier molecular flexibility index (Phi) is 4.23. The molecule has 21 heavy (non-hydrogen) atoms. The molecule has 6 heteroatoms. The van der Waals surface area contributed by atoms with Gasteiger partial charge in [0.2, 0.25) is 0 Å². The highest BCUT2D eigenvalue weighted by Gasteiger charge is 2.12. The average Bonchev–Trinajstić information content (AvgIpc) is 2.43. The normalized spacial score (nSPS) is 10.2. The van der Waals surface area contributed by atoms with Crippen LogP contribution in [0.1, 0.15) is 26.3 Å². The molecule has 0 spiro atoms. The van der Waals surface area contributed by atoms with Gasteiger partial charge >= 0.3 is 5.97 Å². The van der Waals surface area contributed by atoms with E-state index in [9.17, 15) is 14.0 Å². The molecule has 108 valence electrons. The molecule has 2 aromatic carbocycles. The summed E-state index contributed by atoms with van der Waals surface area (Å²) in [4.78, 5) is 23.0. The molecule has 0 atom stereocenters. The second-order valence-corrected chi connectivity index (χ2v) is 4.83. The summed E-state index contributed by atoms with van der Waals surface area (Å²) < 4.78 is 13.0. The van der Waals surface area contributed by atoms with Crippen LogP contribution in [-0.4, -0.2) is 17.0 Å². The van der Waals surface area contributed by atoms with Gasteiger partial charge in [-0.1, -0.05) is 17.7 Å². The summed E-state index contributed by atoms with van der Waals surface area (Å²) >= 11 is 5.62. The second-order valence-electron chi connectivity index (χ2n) is 4.42. The summed E-state index contributed by atoms with van der Waals surface area (Å²) in [6, 6.07) is 8.14. The number of amides is 1. The van der Waals surface area contributed by atoms with Crippen LogP contribution in [0.15, 0.2) is 36.4 Å². The maximum Gasteiger partial charge on any atom is 0.336 e. The Balaban J connectivity index is 2.25. The lowest BCUT2D eigenvalue weighted by Gasteiger charge is -2.08. The molecule has 2 N–H and O–H groups in total. The third-order valence-electron chi connectivity index (χ3n) is 2.91. The van der Waals surface area contributed by atoms with Crippen LogP contribution in [0.25, 0.3) is 0 Å². The molecule has 0 aliphatic carbocycles. The third kappa shape index (κ3) is 3.38. The molecule has 0 unspecified atom stereocenters. The minimum Gasteiger partial charge on any atom is -0.478 e. The van der Waals surface area contributed by atoms with Crippen LogP contribution >= 0.6 is 11.6 Å². The summed E-state index contributed by atoms with van der Waals surface area (Å²) in [5.74, 6) is -2.19. The van der Waals surface area contributed by atoms with E-state index in [1.165, 1.54) is 18.2 Å². The summed E-state index contributed by atoms with van der Waals surface area (Å²) in [5.41, 5.74) is 1.21. The molecule has 0 heterocycles. The molecular weight excluding hydrogens is 297 g/mol. The van der Waals surface area contributed by atoms with Gasteiger partial charge in [0, 0.05) is 11.3 Å². The number of nitrogens with one attached hydrogen (secondary N) is 1. The Morgan fingerprint density at radius 2 is 1.90 bits per heavy atom. The molecule has 1 amide bonds. The van der Waals surface area contributed by atoms with Crippen LogP contribution in [-0.2, 0) is 0 Å². The van der Waals surface area contributed by atoms with Crippen LogP contribution in [0.5, 0.6) is 0 Å². The zero-order chi connectivity index (χ0) is 15.6. The monoisotopic (exact) mass is 307 g/mol. The van der Waals surface area contributed by atoms with E-state index in [1.54, 1.807) is 19.1 Å². The topological polar surface area (TPSA) is 66.4 Å². The van der Waals surface area contributed by atoms with Gasteiger partial charge in [0.15, 0.2) is 0 Å². The molecule has 0 radical (unpaired) electrons. The smallest absolute Gasteiger partial charge is 0.336 e. The van der Waals surface area contributed by atoms with E-state index >= 15 is 0 Å². The largest absolute Gasteiger partial charge is 0.478 e. The van der Waals surface area contributed by atoms with Crippen LogP contribution in [0, 0.1) is 12.7 Å². The van der Waals surface area contributed by atoms with Crippen molar-refractivity contribution in [1.29, 1.82) is 0 Å². The SMILES string of the molecule is Cc1ccc(NC(=O)c2ccc(F)c(Cl)c2)cc1C(=O)O. The fourth-order valence-electron chi connectivity index (χ4n) is 1.77. The summed E-state index contributed by atoms with van der Waals surface area (Å²) in [7, 11) is 0. The van der Waals surface area contributed by atoms with Crippen molar-refractivity contribution < 1.29 is 19.1 Å². The predicted molar refractivity (Wildman–Crippen MR) is 77.5 cm³/mol. The lowest BCUT2D eigenvalue weighted by molar-refractivity contribution is 0.0695. The first kappa shape index (κ1) is 15.0. The highest BCUT2D eigenvalue weighted by atomic mass is 35.5. The number of halogens is 2. The Labute approximate surface area is 125 Å². The number of aromatic carboxylic acids is 1. The Morgan fingerprint density at radius 1 is 1.19 bits per heavy atom. The molecule has 0 aliphatic heterocycles. The van der Waals surface area contributed by atoms with Crippen molar-refractivity contribution in [3.8, 4) is 0 Å². The number of rotatable bonds is 3. The minimum atomic E-state index is -1.08. The first-order chi connectivity index (χ1) is 9.88. The summed E-state index contributed by atoms with van der Waals surface area (Å²) in [5, 5.41) is 11.4. The number of carbonyl (C=O) groups excluding carboxylic acids is 1. The van der Waals surface area contributed by atoms with Gasteiger partial charge in [0.1, 0.15) is 5.82 Å². The van der Waals surface area contributed by atoms with Crippen molar-refractivity contribution in [2.45, 2.75) is 6.92 Å². The average molecular weight is 308 g/mol. The number of carbonyl (C=O) groups is 2. The standard InChI is InChI=1S/C15H11ClFNO3/c1-8-2-4-10(7-11(8)15(20)21)18-14(19)9-3-5-13(17)12(16)6-9/h2-7H,1H3,(H,18,19)(H,20,21). The van der Waals surface area contributed by atoms with Gasteiger partial charge in [-0.15, -0.1) is 0 Å². The van der Waals surface area contributed by atoms with Crippen LogP contribution in [0.2, 0.25) is 5.02 Å². The Bertz CT molecular complexity index is 731. The second kappa shape index (κ2) is 5.93. The van der Waals surface area contributed by atoms with Crippen molar-refractivity contribution >= 4 is 29.2 Å². The van der Waals surface area contributed by atoms with Gasteiger partial charge in [-0.2, -0.15) is 0 Å². The number of hydrogen-bond donors (Lipinski definition) is 2. The molecule has 0 fully saturated rings. The third-order valence-corrected chi connectivity index (χ3v) is 3.20. The van der Waals surface area contributed by atoms with E-state index in [-0.39, 0.29) is 16.1 Å².